The topological polar surface area (TPSA) is 73.0 Å². The van der Waals surface area contributed by atoms with E-state index in [4.69, 9.17) is 0 Å². The lowest BCUT2D eigenvalue weighted by atomic mass is 10.1. The second-order valence-corrected chi connectivity index (χ2v) is 7.43. The van der Waals surface area contributed by atoms with Crippen LogP contribution in [0.15, 0.2) is 29.3 Å². The van der Waals surface area contributed by atoms with E-state index in [0.29, 0.717) is 31.0 Å². The fourth-order valence-corrected chi connectivity index (χ4v) is 4.02. The van der Waals surface area contributed by atoms with Crippen LogP contribution < -0.4 is 5.69 Å². The highest BCUT2D eigenvalue weighted by Gasteiger charge is 2.41. The monoisotopic (exact) mass is 341 g/mol. The number of hydrogen-bond acceptors (Lipinski definition) is 4. The number of carbonyl (C=O) groups excluding carboxylic acids is 1. The molecule has 1 saturated heterocycles. The number of fused-ring (bicyclic) bond motifs is 3. The highest BCUT2D eigenvalue weighted by atomic mass is 16.2. The Balaban J connectivity index is 1.64. The molecule has 7 heteroatoms. The number of carbonyl (C=O) groups is 1. The smallest absolute Gasteiger partial charge is 0.330 e. The van der Waals surface area contributed by atoms with E-state index in [1.54, 1.807) is 33.8 Å². The molecule has 0 N–H and O–H groups in total. The summed E-state index contributed by atoms with van der Waals surface area (Å²) in [5.74, 6) is 1.19. The Morgan fingerprint density at radius 1 is 1.32 bits per heavy atom. The lowest BCUT2D eigenvalue weighted by molar-refractivity contribution is 0.0664. The zero-order valence-electron chi connectivity index (χ0n) is 14.6. The Bertz CT molecular complexity index is 839. The van der Waals surface area contributed by atoms with E-state index in [9.17, 15) is 9.59 Å². The minimum atomic E-state index is -0.0509. The Morgan fingerprint density at radius 2 is 2.12 bits per heavy atom. The number of amides is 1. The van der Waals surface area contributed by atoms with Gasteiger partial charge >= 0.3 is 5.69 Å². The summed E-state index contributed by atoms with van der Waals surface area (Å²) in [5, 5.41) is 4.55. The average Bonchev–Trinajstić information content (AvgIpc) is 3.04. The molecule has 0 radical (unpaired) electrons. The van der Waals surface area contributed by atoms with E-state index >= 15 is 0 Å². The van der Waals surface area contributed by atoms with Gasteiger partial charge in [-0.25, -0.2) is 9.48 Å². The molecule has 2 aliphatic heterocycles. The molecule has 25 heavy (non-hydrogen) atoms. The number of aromatic nitrogens is 4. The van der Waals surface area contributed by atoms with Gasteiger partial charge in [0.2, 0.25) is 0 Å². The zero-order chi connectivity index (χ0) is 17.6. The van der Waals surface area contributed by atoms with Crippen molar-refractivity contribution in [3.8, 4) is 0 Å². The van der Waals surface area contributed by atoms with Gasteiger partial charge in [0, 0.05) is 37.9 Å². The van der Waals surface area contributed by atoms with Crippen molar-refractivity contribution in [1.82, 2.24) is 24.2 Å². The number of pyridine rings is 1. The largest absolute Gasteiger partial charge is 0.345 e. The summed E-state index contributed by atoms with van der Waals surface area (Å²) in [4.78, 5) is 31.6. The van der Waals surface area contributed by atoms with Crippen LogP contribution in [0.5, 0.6) is 0 Å². The van der Waals surface area contributed by atoms with Crippen molar-refractivity contribution < 1.29 is 4.79 Å². The maximum Gasteiger partial charge on any atom is 0.345 e. The Labute approximate surface area is 146 Å². The number of rotatable bonds is 3. The van der Waals surface area contributed by atoms with Crippen LogP contribution in [0.1, 0.15) is 42.9 Å². The van der Waals surface area contributed by atoms with Gasteiger partial charge in [-0.15, -0.1) is 0 Å². The van der Waals surface area contributed by atoms with Gasteiger partial charge in [0.15, 0.2) is 0 Å². The Hall–Kier alpha value is -2.44. The van der Waals surface area contributed by atoms with Crippen LogP contribution >= 0.6 is 0 Å². The first-order valence-electron chi connectivity index (χ1n) is 8.94. The zero-order valence-corrected chi connectivity index (χ0v) is 14.6. The lowest BCUT2D eigenvalue weighted by Crippen LogP contribution is -2.43. The maximum atomic E-state index is 13.0. The Morgan fingerprint density at radius 3 is 2.84 bits per heavy atom. The molecule has 1 amide bonds. The number of nitrogens with zero attached hydrogens (tertiary/aromatic N) is 5. The predicted octanol–water partition coefficient (Wildman–Crippen LogP) is 1.33. The summed E-state index contributed by atoms with van der Waals surface area (Å²) >= 11 is 0. The highest BCUT2D eigenvalue weighted by molar-refractivity contribution is 5.94. The molecular formula is C18H23N5O2. The quantitative estimate of drug-likeness (QED) is 0.844. The standard InChI is InChI=1S/C18H23N5O2/c1-12(2)10-22-18(25)21-11-15-6-5-14(8-16(21)20-22)23(15)17(24)13-4-3-7-19-9-13/h3-4,7,9,12,14-15H,5-6,8,10-11H2,1-2H3/t14-,15+/m0/s1. The van der Waals surface area contributed by atoms with E-state index in [0.717, 1.165) is 18.7 Å². The average molecular weight is 341 g/mol. The first-order valence-corrected chi connectivity index (χ1v) is 8.94. The van der Waals surface area contributed by atoms with Crippen LogP contribution in [-0.4, -0.2) is 42.2 Å². The van der Waals surface area contributed by atoms with Gasteiger partial charge in [0.05, 0.1) is 11.6 Å². The van der Waals surface area contributed by atoms with Crippen LogP contribution in [0.2, 0.25) is 0 Å². The van der Waals surface area contributed by atoms with Crippen LogP contribution in [0.4, 0.5) is 0 Å². The molecule has 1 fully saturated rings. The third-order valence-electron chi connectivity index (χ3n) is 5.11. The van der Waals surface area contributed by atoms with E-state index in [1.165, 1.54) is 0 Å². The second kappa shape index (κ2) is 6.13. The van der Waals surface area contributed by atoms with Crippen molar-refractivity contribution in [3.63, 3.8) is 0 Å². The molecule has 132 valence electrons. The first-order chi connectivity index (χ1) is 12.0. The minimum absolute atomic E-state index is 0.00820. The molecular weight excluding hydrogens is 318 g/mol. The summed E-state index contributed by atoms with van der Waals surface area (Å²) in [6.45, 7) is 5.32. The van der Waals surface area contributed by atoms with Crippen LogP contribution in [0.25, 0.3) is 0 Å². The van der Waals surface area contributed by atoms with Crippen LogP contribution in [0, 0.1) is 5.92 Å². The summed E-state index contributed by atoms with van der Waals surface area (Å²) in [6, 6.07) is 3.73. The van der Waals surface area contributed by atoms with E-state index in [2.05, 4.69) is 23.9 Å². The van der Waals surface area contributed by atoms with Gasteiger partial charge in [0.25, 0.3) is 5.91 Å². The molecule has 7 nitrogen and oxygen atoms in total. The van der Waals surface area contributed by atoms with Gasteiger partial charge in [-0.2, -0.15) is 5.10 Å². The molecule has 2 bridgehead atoms. The first kappa shape index (κ1) is 16.1. The second-order valence-electron chi connectivity index (χ2n) is 7.43. The van der Waals surface area contributed by atoms with Crippen molar-refractivity contribution >= 4 is 5.91 Å². The molecule has 2 aromatic heterocycles. The van der Waals surface area contributed by atoms with Crippen molar-refractivity contribution in [2.45, 2.75) is 58.3 Å². The van der Waals surface area contributed by atoms with Crippen molar-refractivity contribution in [3.05, 3.63) is 46.4 Å². The van der Waals surface area contributed by atoms with Gasteiger partial charge in [-0.05, 0) is 30.9 Å². The molecule has 0 unspecified atom stereocenters. The SMILES string of the molecule is CC(C)Cn1nc2n(c1=O)C[C@H]1CC[C@@H](C2)N1C(=O)c1cccnc1. The van der Waals surface area contributed by atoms with Crippen LogP contribution in [0.3, 0.4) is 0 Å². The lowest BCUT2D eigenvalue weighted by Gasteiger charge is -2.27. The summed E-state index contributed by atoms with van der Waals surface area (Å²) in [6.07, 6.45) is 5.81. The van der Waals surface area contributed by atoms with Gasteiger partial charge in [-0.1, -0.05) is 13.8 Å². The molecule has 2 aliphatic rings. The normalized spacial score (nSPS) is 22.1. The number of hydrogen-bond donors (Lipinski definition) is 0. The maximum absolute atomic E-state index is 13.0. The van der Waals surface area contributed by atoms with Gasteiger partial charge in [-0.3, -0.25) is 14.3 Å². The molecule has 4 heterocycles. The fourth-order valence-electron chi connectivity index (χ4n) is 4.02. The van der Waals surface area contributed by atoms with E-state index < -0.39 is 0 Å². The third kappa shape index (κ3) is 2.77. The van der Waals surface area contributed by atoms with Gasteiger partial charge in [0.1, 0.15) is 5.82 Å². The molecule has 2 aromatic rings. The van der Waals surface area contributed by atoms with Crippen molar-refractivity contribution in [2.75, 3.05) is 0 Å². The Kier molecular flexibility index (Phi) is 3.94. The van der Waals surface area contributed by atoms with E-state index in [-0.39, 0.29) is 23.7 Å². The molecule has 4 rings (SSSR count). The summed E-state index contributed by atoms with van der Waals surface area (Å²) in [5.41, 5.74) is 0.557. The minimum Gasteiger partial charge on any atom is -0.330 e. The molecule has 0 spiro atoms. The molecule has 0 aromatic carbocycles. The third-order valence-corrected chi connectivity index (χ3v) is 5.11. The van der Waals surface area contributed by atoms with Gasteiger partial charge < -0.3 is 4.90 Å². The van der Waals surface area contributed by atoms with Crippen LogP contribution in [-0.2, 0) is 19.5 Å². The summed E-state index contributed by atoms with van der Waals surface area (Å²) in [7, 11) is 0. The van der Waals surface area contributed by atoms with E-state index in [1.807, 2.05) is 4.90 Å². The predicted molar refractivity (Wildman–Crippen MR) is 92.2 cm³/mol. The fraction of sp³-hybridized carbons (Fsp3) is 0.556. The van der Waals surface area contributed by atoms with Crippen molar-refractivity contribution in [1.29, 1.82) is 0 Å². The molecule has 0 saturated carbocycles. The highest BCUT2D eigenvalue weighted by Crippen LogP contribution is 2.31. The molecule has 0 aliphatic carbocycles. The molecule has 2 atom stereocenters. The summed E-state index contributed by atoms with van der Waals surface area (Å²) < 4.78 is 3.35. The van der Waals surface area contributed by atoms with Crippen molar-refractivity contribution in [2.24, 2.45) is 5.92 Å².